The van der Waals surface area contributed by atoms with Crippen molar-refractivity contribution >= 4 is 51.7 Å². The number of nitrogens with one attached hydrogen (secondary N) is 1. The first-order chi connectivity index (χ1) is 16.7. The molecule has 3 rings (SSSR count). The SMILES string of the molecule is C=CCn1c(SCC(=O)Nc2nc(C)c(C(=O)OCC)s2)nnc1C(C)Oc1ccc(Cl)cc1C. The minimum absolute atomic E-state index is 0.0776. The number of hydrogen-bond acceptors (Lipinski definition) is 9. The molecule has 0 radical (unpaired) electrons. The van der Waals surface area contributed by atoms with E-state index < -0.39 is 12.1 Å². The second-order valence-electron chi connectivity index (χ2n) is 7.40. The number of benzene rings is 1. The van der Waals surface area contributed by atoms with Gasteiger partial charge in [0.1, 0.15) is 10.6 Å². The Morgan fingerprint density at radius 2 is 2.11 bits per heavy atom. The number of thioether (sulfide) groups is 1. The van der Waals surface area contributed by atoms with Gasteiger partial charge in [0, 0.05) is 11.6 Å². The summed E-state index contributed by atoms with van der Waals surface area (Å²) in [4.78, 5) is 29.1. The van der Waals surface area contributed by atoms with Crippen LogP contribution in [0, 0.1) is 13.8 Å². The molecule has 1 atom stereocenters. The predicted octanol–water partition coefficient (Wildman–Crippen LogP) is 5.24. The molecule has 186 valence electrons. The summed E-state index contributed by atoms with van der Waals surface area (Å²) in [5.41, 5.74) is 1.42. The smallest absolute Gasteiger partial charge is 0.350 e. The molecule has 2 heterocycles. The van der Waals surface area contributed by atoms with E-state index >= 15 is 0 Å². The van der Waals surface area contributed by atoms with Crippen LogP contribution in [0.5, 0.6) is 5.75 Å². The van der Waals surface area contributed by atoms with Gasteiger partial charge in [0.2, 0.25) is 5.91 Å². The summed E-state index contributed by atoms with van der Waals surface area (Å²) >= 11 is 8.35. The fourth-order valence-electron chi connectivity index (χ4n) is 3.12. The number of rotatable bonds is 11. The van der Waals surface area contributed by atoms with Gasteiger partial charge in [-0.25, -0.2) is 9.78 Å². The molecule has 9 nitrogen and oxygen atoms in total. The highest BCUT2D eigenvalue weighted by Gasteiger charge is 2.21. The highest BCUT2D eigenvalue weighted by Crippen LogP contribution is 2.29. The van der Waals surface area contributed by atoms with Crippen LogP contribution in [0.2, 0.25) is 5.02 Å². The number of esters is 1. The maximum absolute atomic E-state index is 12.5. The summed E-state index contributed by atoms with van der Waals surface area (Å²) in [5.74, 6) is 0.651. The van der Waals surface area contributed by atoms with Crippen LogP contribution < -0.4 is 10.1 Å². The van der Waals surface area contributed by atoms with E-state index in [4.69, 9.17) is 21.1 Å². The van der Waals surface area contributed by atoms with E-state index in [1.54, 1.807) is 26.0 Å². The fraction of sp³-hybridized carbons (Fsp3) is 0.348. The van der Waals surface area contributed by atoms with E-state index in [2.05, 4.69) is 27.1 Å². The fourth-order valence-corrected chi connectivity index (χ4v) is 4.98. The normalized spacial score (nSPS) is 11.7. The molecule has 2 aromatic heterocycles. The van der Waals surface area contributed by atoms with Crippen molar-refractivity contribution in [3.63, 3.8) is 0 Å². The number of hydrogen-bond donors (Lipinski definition) is 1. The molecule has 12 heteroatoms. The van der Waals surface area contributed by atoms with Crippen molar-refractivity contribution in [3.05, 3.63) is 57.8 Å². The molecule has 1 unspecified atom stereocenters. The highest BCUT2D eigenvalue weighted by atomic mass is 35.5. The Hall–Kier alpha value is -2.89. The lowest BCUT2D eigenvalue weighted by Crippen LogP contribution is -2.15. The van der Waals surface area contributed by atoms with Gasteiger partial charge in [-0.3, -0.25) is 9.36 Å². The standard InChI is InChI=1S/C23H26ClN5O4S2/c1-6-10-29-20(15(5)33-17-9-8-16(24)11-13(17)3)27-28-23(29)34-12-18(30)26-22-25-14(4)19(35-22)21(31)32-7-2/h6,8-9,11,15H,1,7,10,12H2,2-5H3,(H,25,26,30). The number of carbonyl (C=O) groups excluding carboxylic acids is 2. The number of ether oxygens (including phenoxy) is 2. The number of thiazole rings is 1. The molecule has 1 amide bonds. The van der Waals surface area contributed by atoms with Crippen LogP contribution in [-0.4, -0.2) is 44.0 Å². The van der Waals surface area contributed by atoms with E-state index in [1.807, 2.05) is 30.5 Å². The van der Waals surface area contributed by atoms with E-state index in [1.165, 1.54) is 11.8 Å². The lowest BCUT2D eigenvalue weighted by Gasteiger charge is -2.17. The lowest BCUT2D eigenvalue weighted by atomic mass is 10.2. The topological polar surface area (TPSA) is 108 Å². The number of aromatic nitrogens is 4. The average molecular weight is 536 g/mol. The van der Waals surface area contributed by atoms with E-state index in [-0.39, 0.29) is 18.3 Å². The quantitative estimate of drug-likeness (QED) is 0.202. The monoisotopic (exact) mass is 535 g/mol. The van der Waals surface area contributed by atoms with Crippen LogP contribution in [0.3, 0.4) is 0 Å². The van der Waals surface area contributed by atoms with Crippen LogP contribution >= 0.6 is 34.7 Å². The van der Waals surface area contributed by atoms with Gasteiger partial charge in [0.05, 0.1) is 18.1 Å². The molecule has 1 N–H and O–H groups in total. The van der Waals surface area contributed by atoms with Crippen LogP contribution in [0.4, 0.5) is 5.13 Å². The van der Waals surface area contributed by atoms with Crippen molar-refractivity contribution in [1.82, 2.24) is 19.7 Å². The first kappa shape index (κ1) is 26.7. The van der Waals surface area contributed by atoms with E-state index in [0.717, 1.165) is 16.9 Å². The Balaban J connectivity index is 1.66. The largest absolute Gasteiger partial charge is 0.482 e. The average Bonchev–Trinajstić information content (AvgIpc) is 3.37. The number of amides is 1. The zero-order valence-electron chi connectivity index (χ0n) is 19.8. The summed E-state index contributed by atoms with van der Waals surface area (Å²) in [6, 6.07) is 5.41. The summed E-state index contributed by atoms with van der Waals surface area (Å²) in [6.45, 7) is 11.8. The van der Waals surface area contributed by atoms with Crippen LogP contribution in [-0.2, 0) is 16.1 Å². The summed E-state index contributed by atoms with van der Waals surface area (Å²) in [5, 5.41) is 12.8. The van der Waals surface area contributed by atoms with Crippen LogP contribution in [0.1, 0.15) is 46.7 Å². The van der Waals surface area contributed by atoms with Crippen molar-refractivity contribution in [2.24, 2.45) is 0 Å². The maximum atomic E-state index is 12.5. The number of carbonyl (C=O) groups is 2. The second-order valence-corrected chi connectivity index (χ2v) is 9.78. The van der Waals surface area contributed by atoms with E-state index in [0.29, 0.717) is 44.0 Å². The third-order valence-electron chi connectivity index (χ3n) is 4.70. The zero-order chi connectivity index (χ0) is 25.5. The maximum Gasteiger partial charge on any atom is 0.350 e. The minimum atomic E-state index is -0.451. The highest BCUT2D eigenvalue weighted by molar-refractivity contribution is 7.99. The molecule has 0 aliphatic heterocycles. The third kappa shape index (κ3) is 6.83. The molecule has 0 saturated carbocycles. The van der Waals surface area contributed by atoms with Crippen molar-refractivity contribution < 1.29 is 19.1 Å². The predicted molar refractivity (Wildman–Crippen MR) is 138 cm³/mol. The molecule has 0 fully saturated rings. The molecule has 0 saturated heterocycles. The molecule has 0 spiro atoms. The summed E-state index contributed by atoms with van der Waals surface area (Å²) < 4.78 is 13.0. The first-order valence-electron chi connectivity index (χ1n) is 10.8. The Morgan fingerprint density at radius 1 is 1.34 bits per heavy atom. The Morgan fingerprint density at radius 3 is 2.80 bits per heavy atom. The van der Waals surface area contributed by atoms with Gasteiger partial charge in [-0.2, -0.15) is 0 Å². The molecule has 0 aliphatic carbocycles. The Labute approximate surface area is 216 Å². The molecule has 0 bridgehead atoms. The van der Waals surface area contributed by atoms with Gasteiger partial charge in [-0.15, -0.1) is 16.8 Å². The van der Waals surface area contributed by atoms with Gasteiger partial charge in [-0.05, 0) is 51.5 Å². The van der Waals surface area contributed by atoms with E-state index in [9.17, 15) is 9.59 Å². The van der Waals surface area contributed by atoms with Gasteiger partial charge in [-0.1, -0.05) is 40.8 Å². The Bertz CT molecular complexity index is 1230. The van der Waals surface area contributed by atoms with Crippen molar-refractivity contribution in [3.8, 4) is 5.75 Å². The summed E-state index contributed by atoms with van der Waals surface area (Å²) in [6.07, 6.45) is 1.33. The van der Waals surface area contributed by atoms with Crippen molar-refractivity contribution in [2.75, 3.05) is 17.7 Å². The number of allylic oxidation sites excluding steroid dienone is 1. The number of nitrogens with zero attached hydrogens (tertiary/aromatic N) is 4. The van der Waals surface area contributed by atoms with Crippen molar-refractivity contribution in [2.45, 2.75) is 45.5 Å². The van der Waals surface area contributed by atoms with Gasteiger partial charge in [0.15, 0.2) is 22.2 Å². The first-order valence-corrected chi connectivity index (χ1v) is 13.0. The second kappa shape index (κ2) is 12.2. The van der Waals surface area contributed by atoms with Gasteiger partial charge >= 0.3 is 5.97 Å². The molecule has 0 aliphatic rings. The molecule has 1 aromatic carbocycles. The van der Waals surface area contributed by atoms with Crippen LogP contribution in [0.15, 0.2) is 36.0 Å². The van der Waals surface area contributed by atoms with Crippen molar-refractivity contribution in [1.29, 1.82) is 0 Å². The summed E-state index contributed by atoms with van der Waals surface area (Å²) in [7, 11) is 0. The molecular formula is C23H26ClN5O4S2. The number of aryl methyl sites for hydroxylation is 2. The number of anilines is 1. The Kier molecular flexibility index (Phi) is 9.30. The van der Waals surface area contributed by atoms with Gasteiger partial charge in [0.25, 0.3) is 0 Å². The number of halogens is 1. The van der Waals surface area contributed by atoms with Crippen LogP contribution in [0.25, 0.3) is 0 Å². The molecule has 35 heavy (non-hydrogen) atoms. The van der Waals surface area contributed by atoms with Gasteiger partial charge < -0.3 is 14.8 Å². The lowest BCUT2D eigenvalue weighted by molar-refractivity contribution is -0.113. The molecular weight excluding hydrogens is 510 g/mol. The third-order valence-corrected chi connectivity index (χ3v) is 6.95. The zero-order valence-corrected chi connectivity index (χ0v) is 22.2. The minimum Gasteiger partial charge on any atom is -0.482 e. The molecule has 3 aromatic rings.